The predicted molar refractivity (Wildman–Crippen MR) is 125 cm³/mol. The minimum atomic E-state index is 0.184. The highest BCUT2D eigenvalue weighted by molar-refractivity contribution is 5.82. The number of rotatable bonds is 9. The molecule has 0 radical (unpaired) electrons. The van der Waals surface area contributed by atoms with Gasteiger partial charge in [-0.2, -0.15) is 19.5 Å². The second-order valence-electron chi connectivity index (χ2n) is 8.13. The molecule has 11 heteroatoms. The number of nitrogens with two attached hydrogens (primary N) is 1. The molecule has 3 N–H and O–H groups in total. The Bertz CT molecular complexity index is 1250. The fraction of sp³-hybridized carbons (Fsp3) is 0.348. The van der Waals surface area contributed by atoms with E-state index in [2.05, 4.69) is 30.3 Å². The third-order valence-electron chi connectivity index (χ3n) is 5.60. The quantitative estimate of drug-likeness (QED) is 0.376. The zero-order valence-corrected chi connectivity index (χ0v) is 18.7. The molecule has 1 aliphatic rings. The molecular formula is C23H26N8O3. The van der Waals surface area contributed by atoms with E-state index >= 15 is 0 Å². The largest absolute Gasteiger partial charge is 0.461 e. The predicted octanol–water partition coefficient (Wildman–Crippen LogP) is 1.46. The molecule has 0 aliphatic carbocycles. The highest BCUT2D eigenvalue weighted by atomic mass is 16.5. The van der Waals surface area contributed by atoms with E-state index in [-0.39, 0.29) is 11.7 Å². The van der Waals surface area contributed by atoms with Crippen molar-refractivity contribution in [3.8, 4) is 11.6 Å². The lowest BCUT2D eigenvalue weighted by molar-refractivity contribution is -0.120. The smallest absolute Gasteiger partial charge is 0.259 e. The lowest BCUT2D eigenvalue weighted by Crippen LogP contribution is -2.39. The third kappa shape index (κ3) is 5.21. The molecule has 1 saturated heterocycles. The highest BCUT2D eigenvalue weighted by Gasteiger charge is 2.15. The van der Waals surface area contributed by atoms with Crippen LogP contribution in [0.25, 0.3) is 17.4 Å². The summed E-state index contributed by atoms with van der Waals surface area (Å²) >= 11 is 0. The van der Waals surface area contributed by atoms with Gasteiger partial charge in [-0.05, 0) is 29.7 Å². The number of nitrogens with one attached hydrogen (secondary N) is 1. The van der Waals surface area contributed by atoms with Gasteiger partial charge in [0, 0.05) is 26.1 Å². The first-order chi connectivity index (χ1) is 16.6. The van der Waals surface area contributed by atoms with Crippen LogP contribution >= 0.6 is 0 Å². The van der Waals surface area contributed by atoms with Crippen molar-refractivity contribution in [2.24, 2.45) is 0 Å². The molecule has 34 heavy (non-hydrogen) atoms. The summed E-state index contributed by atoms with van der Waals surface area (Å²) in [6.45, 7) is 4.14. The van der Waals surface area contributed by atoms with Gasteiger partial charge in [0.25, 0.3) is 5.78 Å². The van der Waals surface area contributed by atoms with Crippen LogP contribution in [0.15, 0.2) is 47.1 Å². The first-order valence-corrected chi connectivity index (χ1v) is 11.2. The standard InChI is InChI=1S/C23H26N8O3/c24-21-27-22(28-23-26-20(29-31(21)23)19-2-1-11-34-19)25-8-7-16-3-5-17(6-4-16)14-18(32)15-30-9-12-33-13-10-30/h1-6,11H,7-10,12-15H2,(H3,24,25,26,27,28,29). The summed E-state index contributed by atoms with van der Waals surface area (Å²) in [5.74, 6) is 2.06. The molecule has 0 atom stereocenters. The molecule has 176 valence electrons. The Balaban J connectivity index is 1.14. The number of anilines is 2. The van der Waals surface area contributed by atoms with E-state index in [0.717, 1.165) is 30.6 Å². The molecule has 11 nitrogen and oxygen atoms in total. The van der Waals surface area contributed by atoms with Gasteiger partial charge >= 0.3 is 0 Å². The van der Waals surface area contributed by atoms with Crippen molar-refractivity contribution in [1.82, 2.24) is 29.5 Å². The van der Waals surface area contributed by atoms with E-state index < -0.39 is 0 Å². The van der Waals surface area contributed by atoms with Crippen molar-refractivity contribution in [2.75, 3.05) is 50.4 Å². The third-order valence-corrected chi connectivity index (χ3v) is 5.60. The maximum absolute atomic E-state index is 12.4. The molecule has 0 amide bonds. The Morgan fingerprint density at radius 1 is 1.06 bits per heavy atom. The van der Waals surface area contributed by atoms with E-state index in [1.54, 1.807) is 18.4 Å². The number of hydrogen-bond donors (Lipinski definition) is 2. The number of Topliss-reactive ketones (excluding diaryl/α,β-unsaturated/α-hetero) is 1. The number of benzene rings is 1. The average molecular weight is 463 g/mol. The van der Waals surface area contributed by atoms with E-state index in [1.165, 1.54) is 4.52 Å². The van der Waals surface area contributed by atoms with Crippen molar-refractivity contribution < 1.29 is 13.9 Å². The molecule has 0 unspecified atom stereocenters. The number of nitrogen functional groups attached to an aromatic ring is 1. The molecule has 4 heterocycles. The number of aromatic nitrogens is 5. The van der Waals surface area contributed by atoms with Gasteiger partial charge in [-0.1, -0.05) is 24.3 Å². The van der Waals surface area contributed by atoms with Gasteiger partial charge in [-0.3, -0.25) is 9.69 Å². The summed E-state index contributed by atoms with van der Waals surface area (Å²) in [7, 11) is 0. The number of hydrogen-bond acceptors (Lipinski definition) is 10. The monoisotopic (exact) mass is 462 g/mol. The van der Waals surface area contributed by atoms with Crippen molar-refractivity contribution in [3.05, 3.63) is 53.8 Å². The van der Waals surface area contributed by atoms with Crippen LogP contribution in [0.5, 0.6) is 0 Å². The van der Waals surface area contributed by atoms with Gasteiger partial charge in [0.05, 0.1) is 26.0 Å². The Morgan fingerprint density at radius 2 is 1.85 bits per heavy atom. The Hall–Kier alpha value is -3.83. The SMILES string of the molecule is Nc1nc(NCCc2ccc(CC(=O)CN3CCOCC3)cc2)nc2nc(-c3ccco3)nn12. The van der Waals surface area contributed by atoms with E-state index in [1.807, 2.05) is 24.3 Å². The zero-order chi connectivity index (χ0) is 23.3. The molecule has 5 rings (SSSR count). The second-order valence-corrected chi connectivity index (χ2v) is 8.13. The molecule has 0 bridgehead atoms. The lowest BCUT2D eigenvalue weighted by atomic mass is 10.0. The number of ether oxygens (including phenoxy) is 1. The molecule has 1 aromatic carbocycles. The number of morpholine rings is 1. The second kappa shape index (κ2) is 9.98. The van der Waals surface area contributed by atoms with Crippen LogP contribution in [0, 0.1) is 0 Å². The fourth-order valence-corrected chi connectivity index (χ4v) is 3.83. The van der Waals surface area contributed by atoms with Crippen LogP contribution in [0.4, 0.5) is 11.9 Å². The summed E-state index contributed by atoms with van der Waals surface area (Å²) in [6.07, 6.45) is 2.76. The minimum absolute atomic E-state index is 0.184. The van der Waals surface area contributed by atoms with Crippen LogP contribution in [0.3, 0.4) is 0 Å². The summed E-state index contributed by atoms with van der Waals surface area (Å²) in [6, 6.07) is 11.7. The molecule has 4 aromatic rings. The van der Waals surface area contributed by atoms with Crippen molar-refractivity contribution in [1.29, 1.82) is 0 Å². The molecule has 3 aromatic heterocycles. The van der Waals surface area contributed by atoms with Gasteiger partial charge in [0.1, 0.15) is 0 Å². The van der Waals surface area contributed by atoms with Gasteiger partial charge < -0.3 is 20.2 Å². The molecule has 1 aliphatic heterocycles. The molecule has 0 spiro atoms. The number of nitrogens with zero attached hydrogens (tertiary/aromatic N) is 6. The van der Waals surface area contributed by atoms with Gasteiger partial charge in [0.2, 0.25) is 17.7 Å². The topological polar surface area (TPSA) is 137 Å². The van der Waals surface area contributed by atoms with Gasteiger partial charge in [-0.25, -0.2) is 0 Å². The summed E-state index contributed by atoms with van der Waals surface area (Å²) in [5, 5.41) is 7.47. The first kappa shape index (κ1) is 22.0. The lowest BCUT2D eigenvalue weighted by Gasteiger charge is -2.25. The number of furan rings is 1. The Kier molecular flexibility index (Phi) is 6.45. The molecule has 0 saturated carbocycles. The first-order valence-electron chi connectivity index (χ1n) is 11.2. The van der Waals surface area contributed by atoms with Crippen molar-refractivity contribution >= 4 is 23.5 Å². The number of ketones is 1. The van der Waals surface area contributed by atoms with Crippen molar-refractivity contribution in [2.45, 2.75) is 12.8 Å². The zero-order valence-electron chi connectivity index (χ0n) is 18.7. The number of carbonyl (C=O) groups is 1. The van der Waals surface area contributed by atoms with Crippen LogP contribution < -0.4 is 11.1 Å². The maximum Gasteiger partial charge on any atom is 0.259 e. The summed E-state index contributed by atoms with van der Waals surface area (Å²) in [5.41, 5.74) is 8.19. The summed E-state index contributed by atoms with van der Waals surface area (Å²) < 4.78 is 12.0. The van der Waals surface area contributed by atoms with Gasteiger partial charge in [0.15, 0.2) is 11.5 Å². The van der Waals surface area contributed by atoms with Crippen molar-refractivity contribution in [3.63, 3.8) is 0 Å². The van der Waals surface area contributed by atoms with Crippen LogP contribution in [-0.2, 0) is 22.4 Å². The number of fused-ring (bicyclic) bond motifs is 1. The molecule has 1 fully saturated rings. The summed E-state index contributed by atoms with van der Waals surface area (Å²) in [4.78, 5) is 27.5. The van der Waals surface area contributed by atoms with Crippen LogP contribution in [0.2, 0.25) is 0 Å². The Morgan fingerprint density at radius 3 is 2.62 bits per heavy atom. The number of carbonyl (C=O) groups excluding carboxylic acids is 1. The van der Waals surface area contributed by atoms with E-state index in [4.69, 9.17) is 14.9 Å². The average Bonchev–Trinajstić information content (AvgIpc) is 3.51. The van der Waals surface area contributed by atoms with Crippen LogP contribution in [-0.4, -0.2) is 74.6 Å². The fourth-order valence-electron chi connectivity index (χ4n) is 3.83. The van der Waals surface area contributed by atoms with E-state index in [9.17, 15) is 4.79 Å². The van der Waals surface area contributed by atoms with E-state index in [0.29, 0.717) is 56.0 Å². The minimum Gasteiger partial charge on any atom is -0.461 e. The van der Waals surface area contributed by atoms with Crippen LogP contribution in [0.1, 0.15) is 11.1 Å². The maximum atomic E-state index is 12.4. The Labute approximate surface area is 196 Å². The highest BCUT2D eigenvalue weighted by Crippen LogP contribution is 2.17. The normalized spacial score (nSPS) is 14.5. The molecular weight excluding hydrogens is 436 g/mol. The van der Waals surface area contributed by atoms with Gasteiger partial charge in [-0.15, -0.1) is 5.10 Å².